The molecular weight excluding hydrogens is 242 g/mol. The van der Waals surface area contributed by atoms with Crippen LogP contribution >= 0.6 is 0 Å². The fraction of sp³-hybridized carbons (Fsp3) is 0.429. The van der Waals surface area contributed by atoms with Crippen LogP contribution in [-0.4, -0.2) is 36.3 Å². The summed E-state index contributed by atoms with van der Waals surface area (Å²) >= 11 is 0. The zero-order valence-corrected chi connectivity index (χ0v) is 10.9. The van der Waals surface area contributed by atoms with E-state index in [4.69, 9.17) is 5.73 Å². The maximum Gasteiger partial charge on any atom is 0.222 e. The van der Waals surface area contributed by atoms with Crippen molar-refractivity contribution in [3.63, 3.8) is 0 Å². The number of nitrogens with two attached hydrogens (primary N) is 1. The van der Waals surface area contributed by atoms with E-state index in [1.807, 2.05) is 24.3 Å². The second-order valence-corrected chi connectivity index (χ2v) is 4.68. The highest BCUT2D eigenvalue weighted by molar-refractivity contribution is 5.80. The van der Waals surface area contributed by atoms with E-state index in [1.54, 1.807) is 4.90 Å². The minimum Gasteiger partial charge on any atom is -0.399 e. The first-order chi connectivity index (χ1) is 9.16. The molecule has 0 saturated carbocycles. The van der Waals surface area contributed by atoms with Gasteiger partial charge in [-0.25, -0.2) is 0 Å². The predicted molar refractivity (Wildman–Crippen MR) is 73.4 cm³/mol. The molecule has 5 nitrogen and oxygen atoms in total. The zero-order valence-electron chi connectivity index (χ0n) is 10.9. The van der Waals surface area contributed by atoms with Crippen molar-refractivity contribution in [1.82, 2.24) is 10.2 Å². The van der Waals surface area contributed by atoms with E-state index >= 15 is 0 Å². The molecule has 2 amide bonds. The zero-order chi connectivity index (χ0) is 13.7. The number of rotatable bonds is 3. The summed E-state index contributed by atoms with van der Waals surface area (Å²) in [7, 11) is 0. The highest BCUT2D eigenvalue weighted by Gasteiger charge is 2.18. The monoisotopic (exact) mass is 261 g/mol. The van der Waals surface area contributed by atoms with E-state index < -0.39 is 0 Å². The maximum atomic E-state index is 12.1. The van der Waals surface area contributed by atoms with Gasteiger partial charge >= 0.3 is 0 Å². The summed E-state index contributed by atoms with van der Waals surface area (Å²) in [5.41, 5.74) is 7.57. The number of hydrogen-bond donors (Lipinski definition) is 2. The van der Waals surface area contributed by atoms with Crippen LogP contribution in [0.5, 0.6) is 0 Å². The van der Waals surface area contributed by atoms with Crippen LogP contribution in [0.4, 0.5) is 5.69 Å². The Kier molecular flexibility index (Phi) is 4.39. The lowest BCUT2D eigenvalue weighted by molar-refractivity contribution is -0.131. The molecule has 1 aromatic rings. The molecule has 1 aromatic carbocycles. The van der Waals surface area contributed by atoms with Gasteiger partial charge in [-0.15, -0.1) is 0 Å². The summed E-state index contributed by atoms with van der Waals surface area (Å²) in [6.07, 6.45) is 1.46. The number of nitrogens with zero attached hydrogens (tertiary/aromatic N) is 1. The van der Waals surface area contributed by atoms with E-state index in [1.165, 1.54) is 0 Å². The van der Waals surface area contributed by atoms with Crippen LogP contribution in [0.15, 0.2) is 24.3 Å². The van der Waals surface area contributed by atoms with Crippen molar-refractivity contribution in [2.75, 3.05) is 25.4 Å². The van der Waals surface area contributed by atoms with E-state index in [0.29, 0.717) is 38.9 Å². The maximum absolute atomic E-state index is 12.1. The van der Waals surface area contributed by atoms with Gasteiger partial charge in [0.05, 0.1) is 0 Å². The fourth-order valence-electron chi connectivity index (χ4n) is 2.18. The van der Waals surface area contributed by atoms with Gasteiger partial charge in [0.2, 0.25) is 11.8 Å². The van der Waals surface area contributed by atoms with Crippen LogP contribution in [-0.2, 0) is 16.0 Å². The van der Waals surface area contributed by atoms with Gasteiger partial charge < -0.3 is 16.0 Å². The number of anilines is 1. The van der Waals surface area contributed by atoms with E-state index in [-0.39, 0.29) is 11.8 Å². The number of carbonyl (C=O) groups excluding carboxylic acids is 2. The van der Waals surface area contributed by atoms with Crippen molar-refractivity contribution < 1.29 is 9.59 Å². The number of aryl methyl sites for hydroxylation is 1. The van der Waals surface area contributed by atoms with Gasteiger partial charge in [0.15, 0.2) is 0 Å². The second-order valence-electron chi connectivity index (χ2n) is 4.68. The summed E-state index contributed by atoms with van der Waals surface area (Å²) < 4.78 is 0. The van der Waals surface area contributed by atoms with Gasteiger partial charge in [-0.2, -0.15) is 0 Å². The Morgan fingerprint density at radius 2 is 2.11 bits per heavy atom. The van der Waals surface area contributed by atoms with Gasteiger partial charge in [0, 0.05) is 38.2 Å². The standard InChI is InChI=1S/C14H19N3O2/c15-12-4-2-1-3-11(12)5-6-14(19)17-9-7-13(18)16-8-10-17/h1-4H,5-10,15H2,(H,16,18). The summed E-state index contributed by atoms with van der Waals surface area (Å²) in [6, 6.07) is 7.59. The van der Waals surface area contributed by atoms with Gasteiger partial charge in [0.1, 0.15) is 0 Å². The minimum absolute atomic E-state index is 0.0163. The Morgan fingerprint density at radius 1 is 1.32 bits per heavy atom. The smallest absolute Gasteiger partial charge is 0.222 e. The largest absolute Gasteiger partial charge is 0.399 e. The normalized spacial score (nSPS) is 15.8. The lowest BCUT2D eigenvalue weighted by atomic mass is 10.1. The van der Waals surface area contributed by atoms with Crippen molar-refractivity contribution >= 4 is 17.5 Å². The lowest BCUT2D eigenvalue weighted by Gasteiger charge is -2.19. The van der Waals surface area contributed by atoms with Crippen molar-refractivity contribution in [3.8, 4) is 0 Å². The molecule has 0 atom stereocenters. The quantitative estimate of drug-likeness (QED) is 0.780. The molecular formula is C14H19N3O2. The summed E-state index contributed by atoms with van der Waals surface area (Å²) in [4.78, 5) is 25.0. The summed E-state index contributed by atoms with van der Waals surface area (Å²) in [6.45, 7) is 1.64. The first-order valence-corrected chi connectivity index (χ1v) is 6.54. The lowest BCUT2D eigenvalue weighted by Crippen LogP contribution is -2.34. The van der Waals surface area contributed by atoms with Crippen molar-refractivity contribution in [1.29, 1.82) is 0 Å². The number of amides is 2. The molecule has 3 N–H and O–H groups in total. The molecule has 1 aliphatic rings. The van der Waals surface area contributed by atoms with Gasteiger partial charge in [-0.1, -0.05) is 18.2 Å². The molecule has 1 aliphatic heterocycles. The Bertz CT molecular complexity index is 474. The van der Waals surface area contributed by atoms with Crippen LogP contribution in [0, 0.1) is 0 Å². The van der Waals surface area contributed by atoms with Crippen LogP contribution in [0.3, 0.4) is 0 Å². The topological polar surface area (TPSA) is 75.4 Å². The SMILES string of the molecule is Nc1ccccc1CCC(=O)N1CCNC(=O)CC1. The molecule has 1 saturated heterocycles. The first-order valence-electron chi connectivity index (χ1n) is 6.54. The number of carbonyl (C=O) groups is 2. The number of nitrogens with one attached hydrogen (secondary N) is 1. The third-order valence-corrected chi connectivity index (χ3v) is 3.33. The third kappa shape index (κ3) is 3.71. The molecule has 2 rings (SSSR count). The van der Waals surface area contributed by atoms with Crippen molar-refractivity contribution in [2.45, 2.75) is 19.3 Å². The number of para-hydroxylation sites is 1. The number of benzene rings is 1. The molecule has 1 fully saturated rings. The van der Waals surface area contributed by atoms with E-state index in [2.05, 4.69) is 5.32 Å². The van der Waals surface area contributed by atoms with E-state index in [0.717, 1.165) is 11.3 Å². The highest BCUT2D eigenvalue weighted by Crippen LogP contribution is 2.13. The van der Waals surface area contributed by atoms with Gasteiger partial charge in [-0.3, -0.25) is 9.59 Å². The molecule has 102 valence electrons. The Balaban J connectivity index is 1.87. The molecule has 0 bridgehead atoms. The van der Waals surface area contributed by atoms with Crippen LogP contribution < -0.4 is 11.1 Å². The van der Waals surface area contributed by atoms with Crippen LogP contribution in [0.1, 0.15) is 18.4 Å². The molecule has 0 spiro atoms. The minimum atomic E-state index is 0.0163. The molecule has 1 heterocycles. The van der Waals surface area contributed by atoms with E-state index in [9.17, 15) is 9.59 Å². The molecule has 0 aromatic heterocycles. The highest BCUT2D eigenvalue weighted by atomic mass is 16.2. The number of hydrogen-bond acceptors (Lipinski definition) is 3. The Hall–Kier alpha value is -2.04. The van der Waals surface area contributed by atoms with Crippen molar-refractivity contribution in [2.24, 2.45) is 0 Å². The average Bonchev–Trinajstić information content (AvgIpc) is 2.62. The van der Waals surface area contributed by atoms with Gasteiger partial charge in [0.25, 0.3) is 0 Å². The molecule has 0 aliphatic carbocycles. The second kappa shape index (κ2) is 6.22. The molecule has 19 heavy (non-hydrogen) atoms. The van der Waals surface area contributed by atoms with Gasteiger partial charge in [-0.05, 0) is 18.1 Å². The van der Waals surface area contributed by atoms with Crippen LogP contribution in [0.25, 0.3) is 0 Å². The Labute approximate surface area is 112 Å². The predicted octanol–water partition coefficient (Wildman–Crippen LogP) is 0.550. The Morgan fingerprint density at radius 3 is 2.89 bits per heavy atom. The van der Waals surface area contributed by atoms with Crippen LogP contribution in [0.2, 0.25) is 0 Å². The average molecular weight is 261 g/mol. The third-order valence-electron chi connectivity index (χ3n) is 3.33. The summed E-state index contributed by atoms with van der Waals surface area (Å²) in [5.74, 6) is 0.0994. The molecule has 0 unspecified atom stereocenters. The molecule has 0 radical (unpaired) electrons. The fourth-order valence-corrected chi connectivity index (χ4v) is 2.18. The first kappa shape index (κ1) is 13.4. The van der Waals surface area contributed by atoms with Crippen molar-refractivity contribution in [3.05, 3.63) is 29.8 Å². The summed E-state index contributed by atoms with van der Waals surface area (Å²) in [5, 5.41) is 2.76. The number of nitrogen functional groups attached to an aromatic ring is 1. The molecule has 5 heteroatoms.